The number of para-hydroxylation sites is 2. The van der Waals surface area contributed by atoms with E-state index >= 15 is 0 Å². The van der Waals surface area contributed by atoms with Crippen molar-refractivity contribution in [2.24, 2.45) is 9.98 Å². The van der Waals surface area contributed by atoms with Crippen LogP contribution < -0.4 is 0 Å². The fraction of sp³-hybridized carbons (Fsp3) is 0. The van der Waals surface area contributed by atoms with Crippen molar-refractivity contribution in [3.8, 4) is 11.5 Å². The van der Waals surface area contributed by atoms with Gasteiger partial charge in [0.25, 0.3) is 0 Å². The van der Waals surface area contributed by atoms with Crippen molar-refractivity contribution in [3.05, 3.63) is 82.9 Å². The molecule has 9 heteroatoms. The Hall–Kier alpha value is -3.97. The Balaban J connectivity index is 0.00000341. The first-order chi connectivity index (χ1) is 14.3. The number of carboxylic acid groups (broad SMARTS) is 2. The van der Waals surface area contributed by atoms with E-state index in [1.54, 1.807) is 24.3 Å². The second-order valence-electron chi connectivity index (χ2n) is 6.16. The van der Waals surface area contributed by atoms with E-state index in [1.165, 1.54) is 48.8 Å². The van der Waals surface area contributed by atoms with Crippen molar-refractivity contribution in [1.82, 2.24) is 0 Å². The van der Waals surface area contributed by atoms with Gasteiger partial charge in [0.2, 0.25) is 0 Å². The molecule has 0 heterocycles. The number of rotatable bonds is 6. The fourth-order valence-electron chi connectivity index (χ4n) is 2.54. The van der Waals surface area contributed by atoms with Gasteiger partial charge in [0.1, 0.15) is 11.5 Å². The minimum atomic E-state index is -1.13. The maximum absolute atomic E-state index is 11.1. The molecule has 3 aromatic carbocycles. The third kappa shape index (κ3) is 5.77. The average Bonchev–Trinajstić information content (AvgIpc) is 2.72. The van der Waals surface area contributed by atoms with Gasteiger partial charge in [0, 0.05) is 40.0 Å². The summed E-state index contributed by atoms with van der Waals surface area (Å²) in [5, 5.41) is 38.0. The number of aromatic carboxylic acids is 2. The van der Waals surface area contributed by atoms with Gasteiger partial charge >= 0.3 is 11.9 Å². The molecule has 0 aliphatic heterocycles. The van der Waals surface area contributed by atoms with E-state index in [2.05, 4.69) is 9.98 Å². The smallest absolute Gasteiger partial charge is 0.335 e. The molecule has 0 saturated carbocycles. The Kier molecular flexibility index (Phi) is 7.66. The maximum atomic E-state index is 11.1. The molecule has 0 bridgehead atoms. The van der Waals surface area contributed by atoms with E-state index in [9.17, 15) is 19.8 Å². The van der Waals surface area contributed by atoms with Crippen LogP contribution in [0.3, 0.4) is 0 Å². The molecule has 0 aromatic heterocycles. The molecule has 0 atom stereocenters. The third-order valence-electron chi connectivity index (χ3n) is 4.12. The second kappa shape index (κ2) is 10.2. The van der Waals surface area contributed by atoms with Gasteiger partial charge in [-0.3, -0.25) is 9.98 Å². The number of hydrogen-bond acceptors (Lipinski definition) is 6. The zero-order chi connectivity index (χ0) is 21.7. The minimum absolute atomic E-state index is 0. The van der Waals surface area contributed by atoms with Crippen LogP contribution in [0.2, 0.25) is 0 Å². The molecule has 3 rings (SSSR count). The predicted molar refractivity (Wildman–Crippen MR) is 111 cm³/mol. The molecule has 160 valence electrons. The van der Waals surface area contributed by atoms with Crippen molar-refractivity contribution in [2.45, 2.75) is 0 Å². The van der Waals surface area contributed by atoms with E-state index in [-0.39, 0.29) is 50.2 Å². The summed E-state index contributed by atoms with van der Waals surface area (Å²) >= 11 is 0. The van der Waals surface area contributed by atoms with Crippen LogP contribution in [0.25, 0.3) is 0 Å². The zero-order valence-electron chi connectivity index (χ0n) is 15.7. The van der Waals surface area contributed by atoms with Crippen molar-refractivity contribution in [3.63, 3.8) is 0 Å². The molecule has 3 aromatic rings. The van der Waals surface area contributed by atoms with Crippen LogP contribution in [0.4, 0.5) is 11.4 Å². The van der Waals surface area contributed by atoms with E-state index in [1.807, 2.05) is 0 Å². The Labute approximate surface area is 186 Å². The second-order valence-corrected chi connectivity index (χ2v) is 6.16. The van der Waals surface area contributed by atoms with Gasteiger partial charge in [-0.2, -0.15) is 0 Å². The molecule has 8 nitrogen and oxygen atoms in total. The molecule has 0 saturated heterocycles. The number of phenolic OH excluding ortho intramolecular Hbond substituents is 2. The average molecular weight is 463 g/mol. The summed E-state index contributed by atoms with van der Waals surface area (Å²) in [6.07, 6.45) is 2.64. The first-order valence-corrected chi connectivity index (χ1v) is 8.65. The van der Waals surface area contributed by atoms with Gasteiger partial charge in [0.15, 0.2) is 0 Å². The molecule has 0 unspecified atom stereocenters. The molecule has 4 N–H and O–H groups in total. The number of carbonyl (C=O) groups is 2. The first kappa shape index (κ1) is 23.3. The Morgan fingerprint density at radius 1 is 0.677 bits per heavy atom. The van der Waals surface area contributed by atoms with Gasteiger partial charge in [-0.25, -0.2) is 9.59 Å². The summed E-state index contributed by atoms with van der Waals surface area (Å²) in [5.74, 6) is -2.50. The summed E-state index contributed by atoms with van der Waals surface area (Å²) in [7, 11) is 0. The van der Waals surface area contributed by atoms with E-state index in [0.29, 0.717) is 11.4 Å². The van der Waals surface area contributed by atoms with Gasteiger partial charge in [-0.05, 0) is 48.5 Å². The number of aliphatic imine (C=N–C) groups is 2. The number of nitrogens with zero attached hydrogens (tertiary/aromatic N) is 2. The normalized spacial score (nSPS) is 10.8. The van der Waals surface area contributed by atoms with E-state index in [0.717, 1.165) is 0 Å². The quantitative estimate of drug-likeness (QED) is 0.322. The SMILES string of the molecule is O=C(O)c1ccc(O)c(C=Nc2ccccc2N=Cc2cc(C(=O)O)ccc2O)c1.[Ni]. The summed E-state index contributed by atoms with van der Waals surface area (Å²) in [6.45, 7) is 0. The van der Waals surface area contributed by atoms with E-state index in [4.69, 9.17) is 10.2 Å². The first-order valence-electron chi connectivity index (χ1n) is 8.65. The predicted octanol–water partition coefficient (Wildman–Crippen LogP) is 3.99. The minimum Gasteiger partial charge on any atom is -0.507 e. The monoisotopic (exact) mass is 462 g/mol. The molecule has 0 spiro atoms. The number of phenols is 2. The molecular weight excluding hydrogens is 447 g/mol. The van der Waals surface area contributed by atoms with Gasteiger partial charge in [0.05, 0.1) is 22.5 Å². The summed E-state index contributed by atoms with van der Waals surface area (Å²) in [5.41, 5.74) is 1.30. The van der Waals surface area contributed by atoms with Crippen molar-refractivity contribution < 1.29 is 46.5 Å². The van der Waals surface area contributed by atoms with Crippen LogP contribution >= 0.6 is 0 Å². The zero-order valence-corrected chi connectivity index (χ0v) is 16.7. The summed E-state index contributed by atoms with van der Waals surface area (Å²) in [6, 6.07) is 14.5. The summed E-state index contributed by atoms with van der Waals surface area (Å²) in [4.78, 5) is 30.7. The van der Waals surface area contributed by atoms with Gasteiger partial charge < -0.3 is 20.4 Å². The largest absolute Gasteiger partial charge is 0.507 e. The molecule has 0 aliphatic carbocycles. The molecule has 0 fully saturated rings. The number of hydrogen-bond donors (Lipinski definition) is 4. The maximum Gasteiger partial charge on any atom is 0.335 e. The molecule has 0 radical (unpaired) electrons. The molecule has 0 amide bonds. The molecule has 0 aliphatic rings. The van der Waals surface area contributed by atoms with Crippen LogP contribution in [0, 0.1) is 0 Å². The van der Waals surface area contributed by atoms with Crippen LogP contribution in [0.15, 0.2) is 70.6 Å². The fourth-order valence-corrected chi connectivity index (χ4v) is 2.54. The third-order valence-corrected chi connectivity index (χ3v) is 4.12. The van der Waals surface area contributed by atoms with Crippen LogP contribution in [0.5, 0.6) is 11.5 Å². The number of aromatic hydroxyl groups is 2. The molecular formula is C22H16N2NiO6. The number of carboxylic acids is 2. The van der Waals surface area contributed by atoms with Crippen molar-refractivity contribution >= 4 is 35.7 Å². The Morgan fingerprint density at radius 3 is 1.42 bits per heavy atom. The Bertz CT molecular complexity index is 1100. The van der Waals surface area contributed by atoms with Gasteiger partial charge in [-0.15, -0.1) is 0 Å². The topological polar surface area (TPSA) is 140 Å². The van der Waals surface area contributed by atoms with Crippen LogP contribution in [0.1, 0.15) is 31.8 Å². The standard InChI is InChI=1S/C22H16N2O6.Ni/c25-19-7-5-13(21(27)28)9-15(19)11-23-17-3-1-2-4-18(17)24-12-16-10-14(22(29)30)6-8-20(16)26;/h1-12,25-26H,(H,27,28)(H,29,30);. The van der Waals surface area contributed by atoms with E-state index < -0.39 is 11.9 Å². The van der Waals surface area contributed by atoms with Crippen molar-refractivity contribution in [2.75, 3.05) is 0 Å². The summed E-state index contributed by atoms with van der Waals surface area (Å²) < 4.78 is 0. The van der Waals surface area contributed by atoms with Crippen molar-refractivity contribution in [1.29, 1.82) is 0 Å². The van der Waals surface area contributed by atoms with Gasteiger partial charge in [-0.1, -0.05) is 12.1 Å². The number of benzene rings is 3. The molecule has 31 heavy (non-hydrogen) atoms. The van der Waals surface area contributed by atoms with Crippen LogP contribution in [-0.4, -0.2) is 44.8 Å². The van der Waals surface area contributed by atoms with Crippen LogP contribution in [-0.2, 0) is 16.5 Å². The Morgan fingerprint density at radius 2 is 1.06 bits per heavy atom.